The van der Waals surface area contributed by atoms with E-state index in [4.69, 9.17) is 0 Å². The quantitative estimate of drug-likeness (QED) is 0.795. The molecule has 0 spiro atoms. The average Bonchev–Trinajstić information content (AvgIpc) is 2.22. The molecule has 0 radical (unpaired) electrons. The van der Waals surface area contributed by atoms with Gasteiger partial charge in [0, 0.05) is 26.2 Å². The third-order valence-electron chi connectivity index (χ3n) is 2.33. The van der Waals surface area contributed by atoms with Gasteiger partial charge in [-0.25, -0.2) is 0 Å². The smallest absolute Gasteiger partial charge is 0.236 e. The summed E-state index contributed by atoms with van der Waals surface area (Å²) < 4.78 is 0. The number of carbonyl (C=O) groups is 1. The Morgan fingerprint density at radius 3 is 2.75 bits per heavy atom. The van der Waals surface area contributed by atoms with Crippen LogP contribution < -0.4 is 5.32 Å². The maximum Gasteiger partial charge on any atom is 0.236 e. The fourth-order valence-electron chi connectivity index (χ4n) is 1.32. The zero-order valence-electron chi connectivity index (χ0n) is 9.95. The Kier molecular flexibility index (Phi) is 4.31. The molecule has 0 heterocycles. The Morgan fingerprint density at radius 1 is 1.44 bits per heavy atom. The molecule has 1 aromatic rings. The second-order valence-electron chi connectivity index (χ2n) is 4.02. The van der Waals surface area contributed by atoms with Gasteiger partial charge in [0.2, 0.25) is 5.91 Å². The highest BCUT2D eigenvalue weighted by atomic mass is 16.3. The molecule has 2 N–H and O–H groups in total. The van der Waals surface area contributed by atoms with Crippen molar-refractivity contribution in [1.29, 1.82) is 0 Å². The number of nitrogens with one attached hydrogen (secondary N) is 1. The Hall–Kier alpha value is -1.55. The number of nitrogens with zero attached hydrogens (tertiary/aromatic N) is 1. The zero-order chi connectivity index (χ0) is 12.1. The summed E-state index contributed by atoms with van der Waals surface area (Å²) in [7, 11) is 3.43. The van der Waals surface area contributed by atoms with Crippen LogP contribution in [0.25, 0.3) is 0 Å². The first-order chi connectivity index (χ1) is 7.50. The second kappa shape index (κ2) is 5.51. The molecular weight excluding hydrogens is 204 g/mol. The monoisotopic (exact) mass is 222 g/mol. The molecule has 0 atom stereocenters. The van der Waals surface area contributed by atoms with Crippen LogP contribution in [0.5, 0.6) is 5.75 Å². The number of rotatable bonds is 4. The van der Waals surface area contributed by atoms with Crippen molar-refractivity contribution in [3.05, 3.63) is 29.3 Å². The number of carbonyl (C=O) groups excluding carboxylic acids is 1. The Labute approximate surface area is 95.9 Å². The first-order valence-electron chi connectivity index (χ1n) is 5.20. The van der Waals surface area contributed by atoms with Crippen molar-refractivity contribution in [2.75, 3.05) is 20.6 Å². The van der Waals surface area contributed by atoms with Gasteiger partial charge in [0.25, 0.3) is 0 Å². The van der Waals surface area contributed by atoms with Crippen LogP contribution in [0.4, 0.5) is 0 Å². The summed E-state index contributed by atoms with van der Waals surface area (Å²) in [6.07, 6.45) is 0. The van der Waals surface area contributed by atoms with Crippen molar-refractivity contribution in [3.8, 4) is 5.75 Å². The van der Waals surface area contributed by atoms with E-state index in [0.29, 0.717) is 6.54 Å². The number of phenolic OH excluding ortho intramolecular Hbond substituents is 1. The zero-order valence-corrected chi connectivity index (χ0v) is 9.95. The fraction of sp³-hybridized carbons (Fsp3) is 0.417. The number of aromatic hydroxyl groups is 1. The SMILES string of the molecule is Cc1ccc(O)c(CNCC(=O)N(C)C)c1. The lowest BCUT2D eigenvalue weighted by Crippen LogP contribution is -2.32. The van der Waals surface area contributed by atoms with Gasteiger partial charge in [-0.1, -0.05) is 17.7 Å². The minimum atomic E-state index is 0.0205. The van der Waals surface area contributed by atoms with E-state index < -0.39 is 0 Å². The van der Waals surface area contributed by atoms with Gasteiger partial charge >= 0.3 is 0 Å². The predicted octanol–water partition coefficient (Wildman–Crippen LogP) is 0.878. The molecule has 88 valence electrons. The first kappa shape index (κ1) is 12.5. The molecular formula is C12H18N2O2. The van der Waals surface area contributed by atoms with Crippen LogP contribution in [0, 0.1) is 6.92 Å². The Bertz CT molecular complexity index is 375. The van der Waals surface area contributed by atoms with Crippen molar-refractivity contribution >= 4 is 5.91 Å². The average molecular weight is 222 g/mol. The molecule has 0 fully saturated rings. The van der Waals surface area contributed by atoms with Crippen LogP contribution in [0.1, 0.15) is 11.1 Å². The van der Waals surface area contributed by atoms with E-state index in [1.165, 1.54) is 4.90 Å². The van der Waals surface area contributed by atoms with Crippen molar-refractivity contribution in [1.82, 2.24) is 10.2 Å². The van der Waals surface area contributed by atoms with Crippen molar-refractivity contribution in [2.45, 2.75) is 13.5 Å². The first-order valence-corrected chi connectivity index (χ1v) is 5.20. The van der Waals surface area contributed by atoms with Crippen LogP contribution in [0.2, 0.25) is 0 Å². The normalized spacial score (nSPS) is 10.2. The van der Waals surface area contributed by atoms with Crippen LogP contribution in [-0.4, -0.2) is 36.6 Å². The maximum absolute atomic E-state index is 11.3. The number of hydrogen-bond acceptors (Lipinski definition) is 3. The molecule has 16 heavy (non-hydrogen) atoms. The topological polar surface area (TPSA) is 52.6 Å². The minimum Gasteiger partial charge on any atom is -0.508 e. The van der Waals surface area contributed by atoms with Gasteiger partial charge in [-0.3, -0.25) is 4.79 Å². The van der Waals surface area contributed by atoms with Crippen LogP contribution in [0.3, 0.4) is 0 Å². The summed E-state index contributed by atoms with van der Waals surface area (Å²) in [4.78, 5) is 12.8. The number of likely N-dealkylation sites (N-methyl/N-ethyl adjacent to an activating group) is 1. The third-order valence-corrected chi connectivity index (χ3v) is 2.33. The van der Waals surface area contributed by atoms with Gasteiger partial charge in [0.1, 0.15) is 5.75 Å². The molecule has 0 saturated heterocycles. The number of amides is 1. The lowest BCUT2D eigenvalue weighted by atomic mass is 10.1. The summed E-state index contributed by atoms with van der Waals surface area (Å²) in [5.41, 5.74) is 1.90. The van der Waals surface area contributed by atoms with Gasteiger partial charge in [-0.15, -0.1) is 0 Å². The summed E-state index contributed by atoms with van der Waals surface area (Å²) in [5.74, 6) is 0.280. The maximum atomic E-state index is 11.3. The molecule has 1 aromatic carbocycles. The van der Waals surface area contributed by atoms with Gasteiger partial charge < -0.3 is 15.3 Å². The van der Waals surface area contributed by atoms with E-state index in [1.54, 1.807) is 20.2 Å². The van der Waals surface area contributed by atoms with E-state index in [0.717, 1.165) is 11.1 Å². The molecule has 1 rings (SSSR count). The van der Waals surface area contributed by atoms with E-state index in [-0.39, 0.29) is 18.2 Å². The molecule has 0 aliphatic heterocycles. The summed E-state index contributed by atoms with van der Waals surface area (Å²) in [6.45, 7) is 2.74. The van der Waals surface area contributed by atoms with Gasteiger partial charge in [0.05, 0.1) is 6.54 Å². The third kappa shape index (κ3) is 3.55. The van der Waals surface area contributed by atoms with Crippen molar-refractivity contribution in [3.63, 3.8) is 0 Å². The molecule has 0 saturated carbocycles. The van der Waals surface area contributed by atoms with E-state index in [2.05, 4.69) is 5.32 Å². The summed E-state index contributed by atoms with van der Waals surface area (Å²) in [6, 6.07) is 5.42. The Morgan fingerprint density at radius 2 is 2.12 bits per heavy atom. The highest BCUT2D eigenvalue weighted by Gasteiger charge is 2.04. The molecule has 1 amide bonds. The molecule has 0 aromatic heterocycles. The van der Waals surface area contributed by atoms with E-state index >= 15 is 0 Å². The number of benzene rings is 1. The lowest BCUT2D eigenvalue weighted by molar-refractivity contribution is -0.127. The standard InChI is InChI=1S/C12H18N2O2/c1-9-4-5-11(15)10(6-9)7-13-8-12(16)14(2)3/h4-6,13,15H,7-8H2,1-3H3. The summed E-state index contributed by atoms with van der Waals surface area (Å²) >= 11 is 0. The number of phenols is 1. The van der Waals surface area contributed by atoms with Crippen molar-refractivity contribution in [2.24, 2.45) is 0 Å². The molecule has 0 bridgehead atoms. The Balaban J connectivity index is 2.49. The lowest BCUT2D eigenvalue weighted by Gasteiger charge is -2.11. The van der Waals surface area contributed by atoms with Crippen LogP contribution in [-0.2, 0) is 11.3 Å². The van der Waals surface area contributed by atoms with Crippen LogP contribution in [0.15, 0.2) is 18.2 Å². The highest BCUT2D eigenvalue weighted by Crippen LogP contribution is 2.17. The number of hydrogen-bond donors (Lipinski definition) is 2. The van der Waals surface area contributed by atoms with E-state index in [9.17, 15) is 9.90 Å². The molecule has 4 nitrogen and oxygen atoms in total. The second-order valence-corrected chi connectivity index (χ2v) is 4.02. The highest BCUT2D eigenvalue weighted by molar-refractivity contribution is 5.77. The largest absolute Gasteiger partial charge is 0.508 e. The van der Waals surface area contributed by atoms with Gasteiger partial charge in [0.15, 0.2) is 0 Å². The fourth-order valence-corrected chi connectivity index (χ4v) is 1.32. The predicted molar refractivity (Wildman–Crippen MR) is 63.2 cm³/mol. The minimum absolute atomic E-state index is 0.0205. The molecule has 0 unspecified atom stereocenters. The van der Waals surface area contributed by atoms with Crippen LogP contribution >= 0.6 is 0 Å². The molecule has 4 heteroatoms. The van der Waals surface area contributed by atoms with Crippen molar-refractivity contribution < 1.29 is 9.90 Å². The molecule has 0 aliphatic rings. The number of aryl methyl sites for hydroxylation is 1. The molecule has 0 aliphatic carbocycles. The summed E-state index contributed by atoms with van der Waals surface area (Å²) in [5, 5.41) is 12.6. The van der Waals surface area contributed by atoms with E-state index in [1.807, 2.05) is 19.1 Å². The van der Waals surface area contributed by atoms with Gasteiger partial charge in [-0.2, -0.15) is 0 Å². The van der Waals surface area contributed by atoms with Gasteiger partial charge in [-0.05, 0) is 13.0 Å².